The van der Waals surface area contributed by atoms with E-state index in [0.717, 1.165) is 12.1 Å². The van der Waals surface area contributed by atoms with Crippen LogP contribution in [0.5, 0.6) is 0 Å². The van der Waals surface area contributed by atoms with Crippen LogP contribution in [0, 0.1) is 0 Å². The average Bonchev–Trinajstić information content (AvgIpc) is 2.29. The molecule has 0 amide bonds. The Hall–Kier alpha value is -0.0800. The highest BCUT2D eigenvalue weighted by Crippen LogP contribution is 2.25. The summed E-state index contributed by atoms with van der Waals surface area (Å²) >= 11 is 0. The quantitative estimate of drug-likeness (QED) is 0.592. The lowest BCUT2D eigenvalue weighted by molar-refractivity contribution is 0.253. The molecule has 0 aromatic heterocycles. The molecule has 2 bridgehead atoms. The van der Waals surface area contributed by atoms with Crippen molar-refractivity contribution in [2.45, 2.75) is 45.2 Å². The van der Waals surface area contributed by atoms with Crippen LogP contribution in [0.3, 0.4) is 0 Å². The van der Waals surface area contributed by atoms with Crippen molar-refractivity contribution in [3.8, 4) is 0 Å². The maximum Gasteiger partial charge on any atom is 0.0221 e. The summed E-state index contributed by atoms with van der Waals surface area (Å²) in [4.78, 5) is 2.56. The molecule has 72 valence electrons. The van der Waals surface area contributed by atoms with Gasteiger partial charge in [0.15, 0.2) is 0 Å². The van der Waals surface area contributed by atoms with Crippen LogP contribution < -0.4 is 5.32 Å². The molecule has 0 saturated carbocycles. The van der Waals surface area contributed by atoms with Crippen molar-refractivity contribution in [1.82, 2.24) is 10.2 Å². The molecular weight excluding hydrogens is 148 g/mol. The Bertz CT molecular complexity index is 111. The average molecular weight is 170 g/mol. The van der Waals surface area contributed by atoms with Crippen molar-refractivity contribution in [2.75, 3.05) is 20.1 Å². The third kappa shape index (κ3) is 1.99. The van der Waals surface area contributed by atoms with Gasteiger partial charge in [0.05, 0.1) is 0 Å². The van der Waals surface area contributed by atoms with Crippen LogP contribution >= 0.6 is 0 Å². The van der Waals surface area contributed by atoms with Crippen LogP contribution in [0.25, 0.3) is 0 Å². The van der Waals surface area contributed by atoms with E-state index in [1.165, 1.54) is 32.4 Å². The van der Waals surface area contributed by atoms with Gasteiger partial charge in [-0.3, -0.25) is 4.90 Å². The molecule has 2 heterocycles. The Morgan fingerprint density at radius 1 is 1.08 bits per heavy atom. The fourth-order valence-corrected chi connectivity index (χ4v) is 2.22. The van der Waals surface area contributed by atoms with Gasteiger partial charge in [0, 0.05) is 18.6 Å². The van der Waals surface area contributed by atoms with Crippen molar-refractivity contribution in [3.05, 3.63) is 0 Å². The van der Waals surface area contributed by atoms with Crippen LogP contribution in [0.15, 0.2) is 0 Å². The molecular formula is C10H22N2. The van der Waals surface area contributed by atoms with Crippen molar-refractivity contribution in [3.63, 3.8) is 0 Å². The molecule has 0 aromatic rings. The van der Waals surface area contributed by atoms with Gasteiger partial charge in [-0.15, -0.1) is 0 Å². The summed E-state index contributed by atoms with van der Waals surface area (Å²) in [7, 11) is 2.27. The molecule has 0 aliphatic carbocycles. The lowest BCUT2D eigenvalue weighted by Crippen LogP contribution is -2.34. The monoisotopic (exact) mass is 170 g/mol. The van der Waals surface area contributed by atoms with Gasteiger partial charge in [-0.2, -0.15) is 0 Å². The number of hydrogen-bond acceptors (Lipinski definition) is 2. The fourth-order valence-electron chi connectivity index (χ4n) is 2.22. The highest BCUT2D eigenvalue weighted by molar-refractivity contribution is 4.89. The molecule has 0 spiro atoms. The third-order valence-corrected chi connectivity index (χ3v) is 3.02. The van der Waals surface area contributed by atoms with Crippen LogP contribution in [0.2, 0.25) is 0 Å². The standard InChI is InChI=1S/C8H16N2.C2H6/c1-10-7-2-3-8(10)6-9-5-4-7;1-2/h7-9H,2-6H2,1H3;1-2H3. The summed E-state index contributed by atoms with van der Waals surface area (Å²) in [6.45, 7) is 6.44. The second-order valence-electron chi connectivity index (χ2n) is 3.54. The molecule has 2 aliphatic rings. The third-order valence-electron chi connectivity index (χ3n) is 3.02. The van der Waals surface area contributed by atoms with E-state index < -0.39 is 0 Å². The Kier molecular flexibility index (Phi) is 4.02. The number of nitrogens with zero attached hydrogens (tertiary/aromatic N) is 1. The van der Waals surface area contributed by atoms with Gasteiger partial charge in [0.2, 0.25) is 0 Å². The van der Waals surface area contributed by atoms with Crippen molar-refractivity contribution in [1.29, 1.82) is 0 Å². The molecule has 0 radical (unpaired) electrons. The van der Waals surface area contributed by atoms with Crippen molar-refractivity contribution in [2.24, 2.45) is 0 Å². The Morgan fingerprint density at radius 2 is 1.75 bits per heavy atom. The first kappa shape index (κ1) is 10.0. The zero-order chi connectivity index (χ0) is 8.97. The molecule has 2 nitrogen and oxygen atoms in total. The van der Waals surface area contributed by atoms with Crippen LogP contribution in [-0.2, 0) is 0 Å². The van der Waals surface area contributed by atoms with Crippen molar-refractivity contribution < 1.29 is 0 Å². The Balaban J connectivity index is 0.000000336. The zero-order valence-corrected chi connectivity index (χ0v) is 8.64. The second kappa shape index (κ2) is 4.83. The molecule has 2 rings (SSSR count). The SMILES string of the molecule is CC.CN1C2CCNCC1CC2. The maximum atomic E-state index is 3.47. The minimum Gasteiger partial charge on any atom is -0.315 e. The predicted octanol–water partition coefficient (Wildman–Crippen LogP) is 1.47. The Morgan fingerprint density at radius 3 is 2.50 bits per heavy atom. The first-order chi connectivity index (χ1) is 5.88. The summed E-state index contributed by atoms with van der Waals surface area (Å²) in [5.41, 5.74) is 0. The van der Waals surface area contributed by atoms with E-state index in [1.807, 2.05) is 13.8 Å². The van der Waals surface area contributed by atoms with E-state index in [1.54, 1.807) is 0 Å². The van der Waals surface area contributed by atoms with E-state index >= 15 is 0 Å². The number of fused-ring (bicyclic) bond motifs is 2. The summed E-state index contributed by atoms with van der Waals surface area (Å²) in [5, 5.41) is 3.47. The zero-order valence-electron chi connectivity index (χ0n) is 8.64. The van der Waals surface area contributed by atoms with E-state index in [0.29, 0.717) is 0 Å². The minimum atomic E-state index is 0.840. The second-order valence-corrected chi connectivity index (χ2v) is 3.54. The first-order valence-electron chi connectivity index (χ1n) is 5.30. The molecule has 2 atom stereocenters. The lowest BCUT2D eigenvalue weighted by atomic mass is 10.1. The molecule has 2 saturated heterocycles. The molecule has 2 fully saturated rings. The Labute approximate surface area is 76.3 Å². The number of rotatable bonds is 0. The molecule has 1 N–H and O–H groups in total. The molecule has 12 heavy (non-hydrogen) atoms. The highest BCUT2D eigenvalue weighted by atomic mass is 15.2. The largest absolute Gasteiger partial charge is 0.315 e. The van der Waals surface area contributed by atoms with E-state index in [2.05, 4.69) is 17.3 Å². The molecule has 0 aromatic carbocycles. The van der Waals surface area contributed by atoms with Gasteiger partial charge in [-0.1, -0.05) is 13.8 Å². The number of nitrogens with one attached hydrogen (secondary N) is 1. The summed E-state index contributed by atoms with van der Waals surface area (Å²) < 4.78 is 0. The summed E-state index contributed by atoms with van der Waals surface area (Å²) in [5.74, 6) is 0. The number of likely N-dealkylation sites (N-methyl/N-ethyl adjacent to an activating group) is 1. The van der Waals surface area contributed by atoms with E-state index in [9.17, 15) is 0 Å². The number of hydrogen-bond donors (Lipinski definition) is 1. The van der Waals surface area contributed by atoms with Gasteiger partial charge in [-0.25, -0.2) is 0 Å². The smallest absolute Gasteiger partial charge is 0.0221 e. The van der Waals surface area contributed by atoms with Crippen LogP contribution in [-0.4, -0.2) is 37.1 Å². The predicted molar refractivity (Wildman–Crippen MR) is 53.4 cm³/mol. The maximum absolute atomic E-state index is 3.47. The van der Waals surface area contributed by atoms with E-state index in [4.69, 9.17) is 0 Å². The minimum absolute atomic E-state index is 0.840. The molecule has 2 unspecified atom stereocenters. The van der Waals surface area contributed by atoms with Gasteiger partial charge >= 0.3 is 0 Å². The van der Waals surface area contributed by atoms with E-state index in [-0.39, 0.29) is 0 Å². The molecule has 2 aliphatic heterocycles. The normalized spacial score (nSPS) is 35.2. The van der Waals surface area contributed by atoms with Gasteiger partial charge < -0.3 is 5.32 Å². The summed E-state index contributed by atoms with van der Waals surface area (Å²) in [6.07, 6.45) is 4.20. The highest BCUT2D eigenvalue weighted by Gasteiger charge is 2.31. The van der Waals surface area contributed by atoms with Crippen LogP contribution in [0.4, 0.5) is 0 Å². The van der Waals surface area contributed by atoms with Gasteiger partial charge in [0.25, 0.3) is 0 Å². The van der Waals surface area contributed by atoms with Gasteiger partial charge in [-0.05, 0) is 32.9 Å². The first-order valence-corrected chi connectivity index (χ1v) is 5.30. The topological polar surface area (TPSA) is 15.3 Å². The molecule has 2 heteroatoms. The fraction of sp³-hybridized carbons (Fsp3) is 1.00. The van der Waals surface area contributed by atoms with Gasteiger partial charge in [0.1, 0.15) is 0 Å². The van der Waals surface area contributed by atoms with Crippen LogP contribution in [0.1, 0.15) is 33.1 Å². The summed E-state index contributed by atoms with van der Waals surface area (Å²) in [6, 6.07) is 1.73. The van der Waals surface area contributed by atoms with Crippen molar-refractivity contribution >= 4 is 0 Å². The lowest BCUT2D eigenvalue weighted by Gasteiger charge is -2.21.